The predicted octanol–water partition coefficient (Wildman–Crippen LogP) is 6.32. The average molecular weight is 361 g/mol. The Labute approximate surface area is 157 Å². The molecule has 3 heteroatoms. The quantitative estimate of drug-likeness (QED) is 0.454. The highest BCUT2D eigenvalue weighted by Gasteiger charge is 2.26. The first-order valence-electron chi connectivity index (χ1n) is 10.5. The summed E-state index contributed by atoms with van der Waals surface area (Å²) in [5.74, 6) is 1.67. The predicted molar refractivity (Wildman–Crippen MR) is 103 cm³/mol. The summed E-state index contributed by atoms with van der Waals surface area (Å²) < 4.78 is 19.7. The maximum Gasteiger partial charge on any atom is 0.314 e. The van der Waals surface area contributed by atoms with Gasteiger partial charge in [-0.3, -0.25) is 4.79 Å². The zero-order valence-corrected chi connectivity index (χ0v) is 16.3. The molecule has 0 radical (unpaired) electrons. The third-order valence-corrected chi connectivity index (χ3v) is 6.53. The van der Waals surface area contributed by atoms with Crippen molar-refractivity contribution in [2.75, 3.05) is 0 Å². The van der Waals surface area contributed by atoms with Gasteiger partial charge in [-0.15, -0.1) is 0 Å². The lowest BCUT2D eigenvalue weighted by atomic mass is 9.80. The van der Waals surface area contributed by atoms with Gasteiger partial charge in [0.25, 0.3) is 0 Å². The molecule has 0 spiro atoms. The lowest BCUT2D eigenvalue weighted by Crippen LogP contribution is -2.25. The van der Waals surface area contributed by atoms with Gasteiger partial charge in [0, 0.05) is 0 Å². The van der Waals surface area contributed by atoms with E-state index in [0.29, 0.717) is 5.92 Å². The van der Waals surface area contributed by atoms with Crippen LogP contribution in [0.1, 0.15) is 77.2 Å². The van der Waals surface area contributed by atoms with Gasteiger partial charge in [0.15, 0.2) is 11.6 Å². The lowest BCUT2D eigenvalue weighted by Gasteiger charge is -2.26. The molecule has 0 bridgehead atoms. The largest absolute Gasteiger partial charge is 0.423 e. The van der Waals surface area contributed by atoms with Gasteiger partial charge in [-0.05, 0) is 74.0 Å². The van der Waals surface area contributed by atoms with Gasteiger partial charge in [-0.2, -0.15) is 0 Å². The van der Waals surface area contributed by atoms with Crippen molar-refractivity contribution in [3.8, 4) is 5.75 Å². The third-order valence-electron chi connectivity index (χ3n) is 6.53. The number of aryl methyl sites for hydroxylation is 1. The van der Waals surface area contributed by atoms with E-state index < -0.39 is 5.82 Å². The molecule has 0 amide bonds. The number of hydrogen-bond acceptors (Lipinski definition) is 2. The second-order valence-corrected chi connectivity index (χ2v) is 8.81. The molecule has 0 aromatic heterocycles. The van der Waals surface area contributed by atoms with Gasteiger partial charge in [0.1, 0.15) is 0 Å². The zero-order valence-electron chi connectivity index (χ0n) is 16.3. The molecule has 2 aliphatic rings. The molecule has 2 nitrogen and oxygen atoms in total. The summed E-state index contributed by atoms with van der Waals surface area (Å²) in [4.78, 5) is 12.3. The highest BCUT2D eigenvalue weighted by atomic mass is 19.1. The Morgan fingerprint density at radius 2 is 1.62 bits per heavy atom. The topological polar surface area (TPSA) is 26.3 Å². The van der Waals surface area contributed by atoms with Crippen LogP contribution in [0, 0.1) is 29.5 Å². The first-order valence-corrected chi connectivity index (χ1v) is 10.5. The van der Waals surface area contributed by atoms with Gasteiger partial charge in [-0.25, -0.2) is 4.39 Å². The normalized spacial score (nSPS) is 29.3. The molecule has 26 heavy (non-hydrogen) atoms. The molecule has 0 saturated heterocycles. The number of halogens is 1. The Hall–Kier alpha value is -1.38. The van der Waals surface area contributed by atoms with Crippen LogP contribution in [0.2, 0.25) is 0 Å². The minimum atomic E-state index is -0.405. The van der Waals surface area contributed by atoms with Crippen LogP contribution in [0.4, 0.5) is 4.39 Å². The van der Waals surface area contributed by atoms with Crippen LogP contribution in [0.15, 0.2) is 18.2 Å². The van der Waals surface area contributed by atoms with Crippen LogP contribution in [-0.4, -0.2) is 5.97 Å². The van der Waals surface area contributed by atoms with E-state index in [2.05, 4.69) is 13.8 Å². The molecule has 0 atom stereocenters. The molecular formula is C23H33FO2. The molecule has 2 saturated carbocycles. The van der Waals surface area contributed by atoms with E-state index in [1.165, 1.54) is 25.7 Å². The number of carbonyl (C=O) groups is 1. The van der Waals surface area contributed by atoms with Crippen LogP contribution >= 0.6 is 0 Å². The second kappa shape index (κ2) is 9.01. The van der Waals surface area contributed by atoms with Crippen LogP contribution in [-0.2, 0) is 11.2 Å². The van der Waals surface area contributed by atoms with Crippen molar-refractivity contribution in [2.24, 2.45) is 23.7 Å². The summed E-state index contributed by atoms with van der Waals surface area (Å²) in [5, 5.41) is 0. The fraction of sp³-hybridized carbons (Fsp3) is 0.696. The van der Waals surface area contributed by atoms with E-state index in [1.54, 1.807) is 12.1 Å². The highest BCUT2D eigenvalue weighted by Crippen LogP contribution is 2.32. The van der Waals surface area contributed by atoms with Crippen LogP contribution in [0.5, 0.6) is 5.75 Å². The molecule has 0 unspecified atom stereocenters. The summed E-state index contributed by atoms with van der Waals surface area (Å²) in [6.45, 7) is 4.55. The van der Waals surface area contributed by atoms with E-state index in [-0.39, 0.29) is 17.6 Å². The zero-order chi connectivity index (χ0) is 18.5. The van der Waals surface area contributed by atoms with Gasteiger partial charge in [0.05, 0.1) is 5.92 Å². The van der Waals surface area contributed by atoms with E-state index in [4.69, 9.17) is 4.74 Å². The van der Waals surface area contributed by atoms with Crippen LogP contribution in [0.25, 0.3) is 0 Å². The number of rotatable bonds is 5. The maximum atomic E-state index is 14.4. The third kappa shape index (κ3) is 5.31. The highest BCUT2D eigenvalue weighted by molar-refractivity contribution is 5.75. The number of benzene rings is 1. The van der Waals surface area contributed by atoms with E-state index in [1.807, 2.05) is 6.07 Å². The standard InChI is InChI=1S/C23H33FO2/c1-16-3-7-18(8-4-16)9-10-19-11-14-22(21(24)15-19)26-23(25)20-12-5-17(2)6-13-20/h11,14-18,20H,3-10,12-13H2,1-2H3. The average Bonchev–Trinajstić information content (AvgIpc) is 2.64. The molecule has 144 valence electrons. The molecule has 0 aliphatic heterocycles. The number of hydrogen-bond donors (Lipinski definition) is 0. The van der Waals surface area contributed by atoms with Gasteiger partial charge < -0.3 is 4.74 Å². The monoisotopic (exact) mass is 360 g/mol. The number of ether oxygens (including phenoxy) is 1. The van der Waals surface area contributed by atoms with E-state index >= 15 is 0 Å². The molecule has 1 aromatic carbocycles. The molecule has 1 aromatic rings. The Kier molecular flexibility index (Phi) is 6.72. The van der Waals surface area contributed by atoms with Gasteiger partial charge >= 0.3 is 5.97 Å². The molecule has 0 heterocycles. The van der Waals surface area contributed by atoms with Crippen molar-refractivity contribution in [3.63, 3.8) is 0 Å². The first kappa shape index (κ1) is 19.4. The summed E-state index contributed by atoms with van der Waals surface area (Å²) in [5.41, 5.74) is 1.01. The van der Waals surface area contributed by atoms with E-state index in [9.17, 15) is 9.18 Å². The number of esters is 1. The minimum Gasteiger partial charge on any atom is -0.423 e. The fourth-order valence-electron chi connectivity index (χ4n) is 4.46. The van der Waals surface area contributed by atoms with Crippen molar-refractivity contribution in [2.45, 2.75) is 78.1 Å². The second-order valence-electron chi connectivity index (χ2n) is 8.81. The van der Waals surface area contributed by atoms with Crippen LogP contribution < -0.4 is 4.74 Å². The molecule has 3 rings (SSSR count). The Balaban J connectivity index is 1.50. The van der Waals surface area contributed by atoms with E-state index in [0.717, 1.165) is 55.9 Å². The van der Waals surface area contributed by atoms with Crippen LogP contribution in [0.3, 0.4) is 0 Å². The van der Waals surface area contributed by atoms with Gasteiger partial charge in [-0.1, -0.05) is 45.6 Å². The Bertz CT molecular complexity index is 596. The summed E-state index contributed by atoms with van der Waals surface area (Å²) in [7, 11) is 0. The summed E-state index contributed by atoms with van der Waals surface area (Å²) in [6.07, 6.45) is 11.1. The maximum absolute atomic E-state index is 14.4. The lowest BCUT2D eigenvalue weighted by molar-refractivity contribution is -0.140. The van der Waals surface area contributed by atoms with Gasteiger partial charge in [0.2, 0.25) is 0 Å². The SMILES string of the molecule is CC1CCC(CCc2ccc(OC(=O)C3CCC(C)CC3)c(F)c2)CC1. The number of carbonyl (C=O) groups excluding carboxylic acids is 1. The van der Waals surface area contributed by atoms with Crippen molar-refractivity contribution in [1.82, 2.24) is 0 Å². The molecule has 0 N–H and O–H groups in total. The minimum absolute atomic E-state index is 0.0704. The molecule has 2 aliphatic carbocycles. The smallest absolute Gasteiger partial charge is 0.314 e. The summed E-state index contributed by atoms with van der Waals surface area (Å²) >= 11 is 0. The van der Waals surface area contributed by atoms with Crippen molar-refractivity contribution in [3.05, 3.63) is 29.6 Å². The van der Waals surface area contributed by atoms with Crippen molar-refractivity contribution in [1.29, 1.82) is 0 Å². The molecular weight excluding hydrogens is 327 g/mol. The Morgan fingerprint density at radius 1 is 1.00 bits per heavy atom. The Morgan fingerprint density at radius 3 is 2.23 bits per heavy atom. The summed E-state index contributed by atoms with van der Waals surface area (Å²) in [6, 6.07) is 5.11. The molecule has 2 fully saturated rings. The van der Waals surface area contributed by atoms with Crippen molar-refractivity contribution >= 4 is 5.97 Å². The fourth-order valence-corrected chi connectivity index (χ4v) is 4.46. The van der Waals surface area contributed by atoms with Crippen molar-refractivity contribution < 1.29 is 13.9 Å². The first-order chi connectivity index (χ1) is 12.5.